The second-order valence-electron chi connectivity index (χ2n) is 5.70. The van der Waals surface area contributed by atoms with Gasteiger partial charge >= 0.3 is 5.97 Å². The molecule has 0 fully saturated rings. The van der Waals surface area contributed by atoms with Gasteiger partial charge in [-0.2, -0.15) is 0 Å². The number of carboxylic acid groups (broad SMARTS) is 1. The Morgan fingerprint density at radius 2 is 1.95 bits per heavy atom. The molecule has 22 heavy (non-hydrogen) atoms. The first-order chi connectivity index (χ1) is 10.6. The lowest BCUT2D eigenvalue weighted by Crippen LogP contribution is -2.47. The Bertz CT molecular complexity index is 678. The van der Waals surface area contributed by atoms with Crippen LogP contribution in [0.25, 0.3) is 0 Å². The smallest absolute Gasteiger partial charge is 0.322 e. The molecule has 1 N–H and O–H groups in total. The molecule has 1 aromatic heterocycles. The normalized spacial score (nSPS) is 18.2. The van der Waals surface area contributed by atoms with Crippen LogP contribution in [0, 0.1) is 6.92 Å². The van der Waals surface area contributed by atoms with Crippen molar-refractivity contribution >= 4 is 5.97 Å². The maximum absolute atomic E-state index is 11.6. The maximum atomic E-state index is 11.6. The summed E-state index contributed by atoms with van der Waals surface area (Å²) in [7, 11) is 0. The summed E-state index contributed by atoms with van der Waals surface area (Å²) < 4.78 is 1.90. The number of nitrogens with zero attached hydrogens (tertiary/aromatic N) is 4. The highest BCUT2D eigenvalue weighted by Gasteiger charge is 2.33. The molecular formula is C16H20N4O2. The summed E-state index contributed by atoms with van der Waals surface area (Å²) >= 11 is 0. The molecule has 0 spiro atoms. The molecule has 2 aromatic rings. The van der Waals surface area contributed by atoms with Gasteiger partial charge in [-0.1, -0.05) is 31.2 Å². The zero-order valence-electron chi connectivity index (χ0n) is 12.9. The van der Waals surface area contributed by atoms with E-state index in [1.165, 1.54) is 5.56 Å². The quantitative estimate of drug-likeness (QED) is 0.929. The highest BCUT2D eigenvalue weighted by molar-refractivity contribution is 5.73. The van der Waals surface area contributed by atoms with Crippen LogP contribution >= 0.6 is 0 Å². The van der Waals surface area contributed by atoms with E-state index in [4.69, 9.17) is 0 Å². The number of carbonyl (C=O) groups is 1. The van der Waals surface area contributed by atoms with Crippen molar-refractivity contribution in [2.24, 2.45) is 0 Å². The van der Waals surface area contributed by atoms with Crippen LogP contribution in [0.5, 0.6) is 0 Å². The van der Waals surface area contributed by atoms with Crippen LogP contribution in [0.4, 0.5) is 0 Å². The molecule has 0 saturated heterocycles. The summed E-state index contributed by atoms with van der Waals surface area (Å²) in [5.41, 5.74) is 2.40. The van der Waals surface area contributed by atoms with Crippen LogP contribution < -0.4 is 0 Å². The lowest BCUT2D eigenvalue weighted by atomic mass is 10.1. The Labute approximate surface area is 129 Å². The van der Waals surface area contributed by atoms with Crippen molar-refractivity contribution in [1.82, 2.24) is 19.7 Å². The fourth-order valence-electron chi connectivity index (χ4n) is 2.87. The van der Waals surface area contributed by atoms with Crippen LogP contribution in [0.2, 0.25) is 0 Å². The van der Waals surface area contributed by atoms with Crippen molar-refractivity contribution < 1.29 is 9.90 Å². The highest BCUT2D eigenvalue weighted by atomic mass is 16.4. The van der Waals surface area contributed by atoms with Crippen LogP contribution in [0.3, 0.4) is 0 Å². The molecule has 116 valence electrons. The van der Waals surface area contributed by atoms with Crippen molar-refractivity contribution in [2.75, 3.05) is 0 Å². The van der Waals surface area contributed by atoms with Crippen LogP contribution in [0.15, 0.2) is 24.3 Å². The summed E-state index contributed by atoms with van der Waals surface area (Å²) in [6.45, 7) is 5.49. The van der Waals surface area contributed by atoms with Gasteiger partial charge in [0.05, 0.1) is 13.1 Å². The number of hydrogen-bond donors (Lipinski definition) is 1. The minimum atomic E-state index is -0.802. The third-order valence-electron chi connectivity index (χ3n) is 4.26. The molecule has 1 aliphatic rings. The van der Waals surface area contributed by atoms with E-state index in [0.29, 0.717) is 19.6 Å². The minimum absolute atomic E-state index is 0.399. The highest BCUT2D eigenvalue weighted by Crippen LogP contribution is 2.20. The van der Waals surface area contributed by atoms with E-state index in [9.17, 15) is 9.90 Å². The first-order valence-corrected chi connectivity index (χ1v) is 7.52. The fraction of sp³-hybridized carbons (Fsp3) is 0.438. The number of rotatable bonds is 4. The van der Waals surface area contributed by atoms with E-state index in [-0.39, 0.29) is 0 Å². The van der Waals surface area contributed by atoms with E-state index in [1.54, 1.807) is 0 Å². The first kappa shape index (κ1) is 14.7. The van der Waals surface area contributed by atoms with Crippen molar-refractivity contribution in [2.45, 2.75) is 45.9 Å². The monoisotopic (exact) mass is 300 g/mol. The van der Waals surface area contributed by atoms with Crippen molar-refractivity contribution in [3.05, 3.63) is 47.0 Å². The van der Waals surface area contributed by atoms with Gasteiger partial charge in [0.1, 0.15) is 17.7 Å². The topological polar surface area (TPSA) is 71.2 Å². The zero-order chi connectivity index (χ0) is 15.7. The third-order valence-corrected chi connectivity index (χ3v) is 4.26. The van der Waals surface area contributed by atoms with Gasteiger partial charge in [0.25, 0.3) is 0 Å². The van der Waals surface area contributed by atoms with Crippen molar-refractivity contribution in [3.63, 3.8) is 0 Å². The number of aliphatic carboxylic acids is 1. The predicted molar refractivity (Wildman–Crippen MR) is 81.2 cm³/mol. The van der Waals surface area contributed by atoms with Crippen molar-refractivity contribution in [1.29, 1.82) is 0 Å². The Hall–Kier alpha value is -2.21. The number of aromatic nitrogens is 3. The molecular weight excluding hydrogens is 280 g/mol. The number of carboxylic acids is 1. The number of aryl methyl sites for hydroxylation is 2. The molecule has 0 radical (unpaired) electrons. The Morgan fingerprint density at radius 1 is 1.27 bits per heavy atom. The van der Waals surface area contributed by atoms with E-state index in [0.717, 1.165) is 23.6 Å². The lowest BCUT2D eigenvalue weighted by molar-refractivity contribution is -0.145. The number of benzene rings is 1. The molecule has 6 heteroatoms. The standard InChI is InChI=1S/C16H20N4O2/c1-3-12-4-6-13(7-5-12)8-19-10-15-18-17-11(2)20(15)9-14(19)16(21)22/h4-7,14H,3,8-10H2,1-2H3,(H,21,22). The molecule has 1 atom stereocenters. The van der Waals surface area contributed by atoms with Gasteiger partial charge in [0.15, 0.2) is 0 Å². The van der Waals surface area contributed by atoms with Crippen LogP contribution in [0.1, 0.15) is 29.7 Å². The van der Waals surface area contributed by atoms with E-state index >= 15 is 0 Å². The van der Waals surface area contributed by atoms with Gasteiger partial charge in [-0.3, -0.25) is 9.69 Å². The Balaban J connectivity index is 1.82. The molecule has 6 nitrogen and oxygen atoms in total. The first-order valence-electron chi connectivity index (χ1n) is 7.52. The third kappa shape index (κ3) is 2.74. The molecule has 0 bridgehead atoms. The summed E-state index contributed by atoms with van der Waals surface area (Å²) in [4.78, 5) is 13.6. The van der Waals surface area contributed by atoms with E-state index < -0.39 is 12.0 Å². The van der Waals surface area contributed by atoms with Gasteiger partial charge in [0.2, 0.25) is 0 Å². The largest absolute Gasteiger partial charge is 0.480 e. The molecule has 0 saturated carbocycles. The number of hydrogen-bond acceptors (Lipinski definition) is 4. The molecule has 3 rings (SSSR count). The Kier molecular flexibility index (Phi) is 3.94. The van der Waals surface area contributed by atoms with Gasteiger partial charge in [-0.05, 0) is 24.5 Å². The second kappa shape index (κ2) is 5.88. The SMILES string of the molecule is CCc1ccc(CN2Cc3nnc(C)n3CC2C(=O)O)cc1. The summed E-state index contributed by atoms with van der Waals surface area (Å²) in [5.74, 6) is 0.803. The van der Waals surface area contributed by atoms with Gasteiger partial charge in [-0.15, -0.1) is 10.2 Å². The second-order valence-corrected chi connectivity index (χ2v) is 5.70. The summed E-state index contributed by atoms with van der Waals surface area (Å²) in [6, 6.07) is 7.79. The molecule has 0 aliphatic carbocycles. The summed E-state index contributed by atoms with van der Waals surface area (Å²) in [5, 5.41) is 17.7. The average molecular weight is 300 g/mol. The fourth-order valence-corrected chi connectivity index (χ4v) is 2.87. The molecule has 1 aromatic carbocycles. The van der Waals surface area contributed by atoms with E-state index in [2.05, 4.69) is 41.4 Å². The minimum Gasteiger partial charge on any atom is -0.480 e. The lowest BCUT2D eigenvalue weighted by Gasteiger charge is -2.33. The molecule has 1 aliphatic heterocycles. The maximum Gasteiger partial charge on any atom is 0.322 e. The summed E-state index contributed by atoms with van der Waals surface area (Å²) in [6.07, 6.45) is 1.00. The Morgan fingerprint density at radius 3 is 2.59 bits per heavy atom. The number of fused-ring (bicyclic) bond motifs is 1. The van der Waals surface area contributed by atoms with Gasteiger partial charge in [-0.25, -0.2) is 0 Å². The zero-order valence-corrected chi connectivity index (χ0v) is 12.9. The van der Waals surface area contributed by atoms with Crippen LogP contribution in [-0.2, 0) is 30.8 Å². The predicted octanol–water partition coefficient (Wildman–Crippen LogP) is 1.62. The van der Waals surface area contributed by atoms with Gasteiger partial charge in [0, 0.05) is 6.54 Å². The van der Waals surface area contributed by atoms with Crippen molar-refractivity contribution in [3.8, 4) is 0 Å². The molecule has 0 amide bonds. The molecule has 2 heterocycles. The van der Waals surface area contributed by atoms with E-state index in [1.807, 2.05) is 16.4 Å². The average Bonchev–Trinajstić information content (AvgIpc) is 2.88. The van der Waals surface area contributed by atoms with Gasteiger partial charge < -0.3 is 9.67 Å². The molecule has 1 unspecified atom stereocenters. The van der Waals surface area contributed by atoms with Crippen LogP contribution in [-0.4, -0.2) is 36.8 Å².